The van der Waals surface area contributed by atoms with Gasteiger partial charge in [0, 0.05) is 9.99 Å². The Balaban J connectivity index is 1.62. The molecule has 30 heavy (non-hydrogen) atoms. The summed E-state index contributed by atoms with van der Waals surface area (Å²) in [5.41, 5.74) is 2.67. The Morgan fingerprint density at radius 1 is 0.733 bits per heavy atom. The van der Waals surface area contributed by atoms with Gasteiger partial charge in [-0.3, -0.25) is 0 Å². The van der Waals surface area contributed by atoms with Crippen LogP contribution in [0.1, 0.15) is 16.7 Å². The van der Waals surface area contributed by atoms with Crippen LogP contribution in [0.25, 0.3) is 0 Å². The monoisotopic (exact) mass is 515 g/mol. The van der Waals surface area contributed by atoms with Crippen molar-refractivity contribution in [2.24, 2.45) is 0 Å². The van der Waals surface area contributed by atoms with Gasteiger partial charge in [0.2, 0.25) is 0 Å². The first-order valence-electron chi connectivity index (χ1n) is 9.52. The van der Waals surface area contributed by atoms with Crippen molar-refractivity contribution in [2.45, 2.75) is 25.7 Å². The van der Waals surface area contributed by atoms with Crippen LogP contribution in [0.3, 0.4) is 0 Å². The summed E-state index contributed by atoms with van der Waals surface area (Å²) in [6.45, 7) is 0.269. The number of nitrogens with one attached hydrogen (secondary N) is 1. The van der Waals surface area contributed by atoms with E-state index in [9.17, 15) is 9.59 Å². The summed E-state index contributed by atoms with van der Waals surface area (Å²) in [7, 11) is 0. The van der Waals surface area contributed by atoms with Gasteiger partial charge in [0.25, 0.3) is 0 Å². The number of carbonyl (C=O) groups excluding carboxylic acids is 2. The normalized spacial score (nSPS) is 11.4. The number of amides is 1. The third-order valence-electron chi connectivity index (χ3n) is 4.37. The molecule has 0 aliphatic carbocycles. The van der Waals surface area contributed by atoms with Gasteiger partial charge in [0.15, 0.2) is 0 Å². The number of ether oxygens (including phenoxy) is 2. The Kier molecular flexibility index (Phi) is 8.26. The fraction of sp³-hybridized carbons (Fsp3) is 0.167. The summed E-state index contributed by atoms with van der Waals surface area (Å²) in [5, 5.41) is 2.65. The van der Waals surface area contributed by atoms with E-state index in [0.717, 1.165) is 20.3 Å². The largest absolute Gasteiger partial charge is 0.459 e. The maximum atomic E-state index is 12.7. The summed E-state index contributed by atoms with van der Waals surface area (Å²) in [5.74, 6) is -0.505. The van der Waals surface area contributed by atoms with Crippen LogP contribution < -0.4 is 5.32 Å². The Bertz CT molecular complexity index is 946. The lowest BCUT2D eigenvalue weighted by Crippen LogP contribution is -2.43. The van der Waals surface area contributed by atoms with Crippen molar-refractivity contribution in [3.05, 3.63) is 105 Å². The summed E-state index contributed by atoms with van der Waals surface area (Å²) in [6.07, 6.45) is -0.351. The van der Waals surface area contributed by atoms with Gasteiger partial charge in [0.1, 0.15) is 19.3 Å². The smallest absolute Gasteiger partial charge is 0.408 e. The zero-order chi connectivity index (χ0) is 21.2. The van der Waals surface area contributed by atoms with E-state index in [1.54, 1.807) is 0 Å². The molecule has 6 heteroatoms. The van der Waals surface area contributed by atoms with Crippen molar-refractivity contribution < 1.29 is 19.1 Å². The first-order valence-corrected chi connectivity index (χ1v) is 10.6. The van der Waals surface area contributed by atoms with E-state index in [0.29, 0.717) is 6.42 Å². The van der Waals surface area contributed by atoms with Crippen molar-refractivity contribution in [1.82, 2.24) is 5.32 Å². The van der Waals surface area contributed by atoms with E-state index in [-0.39, 0.29) is 13.2 Å². The van der Waals surface area contributed by atoms with E-state index in [4.69, 9.17) is 9.47 Å². The van der Waals surface area contributed by atoms with Crippen LogP contribution in [-0.2, 0) is 33.9 Å². The summed E-state index contributed by atoms with van der Waals surface area (Å²) in [6, 6.07) is 25.7. The van der Waals surface area contributed by atoms with Gasteiger partial charge in [-0.05, 0) is 51.4 Å². The highest BCUT2D eigenvalue weighted by atomic mass is 127. The predicted molar refractivity (Wildman–Crippen MR) is 123 cm³/mol. The minimum Gasteiger partial charge on any atom is -0.459 e. The van der Waals surface area contributed by atoms with Crippen LogP contribution in [-0.4, -0.2) is 18.1 Å². The molecule has 0 unspecified atom stereocenters. The van der Waals surface area contributed by atoms with Crippen molar-refractivity contribution in [1.29, 1.82) is 0 Å². The number of esters is 1. The average Bonchev–Trinajstić information content (AvgIpc) is 2.78. The molecule has 0 aromatic heterocycles. The Morgan fingerprint density at radius 3 is 1.83 bits per heavy atom. The second-order valence-electron chi connectivity index (χ2n) is 6.68. The molecule has 3 aromatic rings. The van der Waals surface area contributed by atoms with Gasteiger partial charge >= 0.3 is 12.1 Å². The number of carbonyl (C=O) groups is 2. The van der Waals surface area contributed by atoms with Gasteiger partial charge < -0.3 is 14.8 Å². The molecular weight excluding hydrogens is 493 g/mol. The summed E-state index contributed by atoms with van der Waals surface area (Å²) in [4.78, 5) is 25.0. The van der Waals surface area contributed by atoms with E-state index < -0.39 is 18.1 Å². The van der Waals surface area contributed by atoms with Gasteiger partial charge in [-0.25, -0.2) is 9.59 Å². The SMILES string of the molecule is O=C(N[C@@H](Cc1ccc(I)cc1)C(=O)OCc1ccccc1)OCc1ccccc1. The number of rotatable bonds is 8. The zero-order valence-corrected chi connectivity index (χ0v) is 18.5. The van der Waals surface area contributed by atoms with E-state index in [1.807, 2.05) is 84.9 Å². The lowest BCUT2D eigenvalue weighted by atomic mass is 10.1. The molecule has 0 saturated heterocycles. The van der Waals surface area contributed by atoms with Crippen molar-refractivity contribution in [3.8, 4) is 0 Å². The molecule has 1 N–H and O–H groups in total. The maximum Gasteiger partial charge on any atom is 0.408 e. The number of alkyl carbamates (subject to hydrolysis) is 1. The molecule has 0 spiro atoms. The lowest BCUT2D eigenvalue weighted by molar-refractivity contribution is -0.147. The van der Waals surface area contributed by atoms with E-state index in [2.05, 4.69) is 27.9 Å². The van der Waals surface area contributed by atoms with Crippen LogP contribution in [0.2, 0.25) is 0 Å². The highest BCUT2D eigenvalue weighted by Crippen LogP contribution is 2.11. The molecule has 3 aromatic carbocycles. The number of benzene rings is 3. The van der Waals surface area contributed by atoms with Gasteiger partial charge in [-0.15, -0.1) is 0 Å². The Morgan fingerprint density at radius 2 is 1.27 bits per heavy atom. The maximum absolute atomic E-state index is 12.7. The molecule has 0 saturated carbocycles. The quantitative estimate of drug-likeness (QED) is 0.344. The Labute approximate surface area is 189 Å². The van der Waals surface area contributed by atoms with E-state index in [1.165, 1.54) is 0 Å². The van der Waals surface area contributed by atoms with Crippen LogP contribution in [0.5, 0.6) is 0 Å². The van der Waals surface area contributed by atoms with E-state index >= 15 is 0 Å². The summed E-state index contributed by atoms with van der Waals surface area (Å²) < 4.78 is 11.8. The standard InChI is InChI=1S/C24H22INO4/c25-21-13-11-18(12-14-21)15-22(23(27)29-16-19-7-3-1-4-8-19)26-24(28)30-17-20-9-5-2-6-10-20/h1-14,22H,15-17H2,(H,26,28)/t22-/m0/s1. The van der Waals surface area contributed by atoms with Crippen molar-refractivity contribution in [2.75, 3.05) is 0 Å². The number of hydrogen-bond acceptors (Lipinski definition) is 4. The van der Waals surface area contributed by atoms with Crippen LogP contribution in [0, 0.1) is 3.57 Å². The minimum absolute atomic E-state index is 0.127. The molecule has 0 fully saturated rings. The van der Waals surface area contributed by atoms with Gasteiger partial charge in [-0.2, -0.15) is 0 Å². The third-order valence-corrected chi connectivity index (χ3v) is 5.09. The van der Waals surface area contributed by atoms with Crippen LogP contribution >= 0.6 is 22.6 Å². The van der Waals surface area contributed by atoms with Gasteiger partial charge in [-0.1, -0.05) is 72.8 Å². The topological polar surface area (TPSA) is 64.6 Å². The molecule has 0 aliphatic rings. The molecular formula is C24H22INO4. The summed E-state index contributed by atoms with van der Waals surface area (Å²) >= 11 is 2.22. The third kappa shape index (κ3) is 7.18. The average molecular weight is 515 g/mol. The first-order chi connectivity index (χ1) is 14.6. The molecule has 0 heterocycles. The van der Waals surface area contributed by atoms with Crippen molar-refractivity contribution in [3.63, 3.8) is 0 Å². The second-order valence-corrected chi connectivity index (χ2v) is 7.93. The molecule has 0 aliphatic heterocycles. The van der Waals surface area contributed by atoms with Crippen LogP contribution in [0.15, 0.2) is 84.9 Å². The highest BCUT2D eigenvalue weighted by molar-refractivity contribution is 14.1. The molecule has 5 nitrogen and oxygen atoms in total. The second kappa shape index (κ2) is 11.3. The minimum atomic E-state index is -0.850. The van der Waals surface area contributed by atoms with Crippen molar-refractivity contribution >= 4 is 34.7 Å². The predicted octanol–water partition coefficient (Wildman–Crippen LogP) is 4.87. The van der Waals surface area contributed by atoms with Gasteiger partial charge in [0.05, 0.1) is 0 Å². The number of halogens is 1. The zero-order valence-electron chi connectivity index (χ0n) is 16.3. The molecule has 3 rings (SSSR count). The van der Waals surface area contributed by atoms with Crippen LogP contribution in [0.4, 0.5) is 4.79 Å². The number of hydrogen-bond donors (Lipinski definition) is 1. The molecule has 0 radical (unpaired) electrons. The fourth-order valence-electron chi connectivity index (χ4n) is 2.79. The highest BCUT2D eigenvalue weighted by Gasteiger charge is 2.23. The Hall–Kier alpha value is -2.87. The molecule has 1 atom stereocenters. The fourth-order valence-corrected chi connectivity index (χ4v) is 3.15. The first kappa shape index (κ1) is 21.8. The molecule has 154 valence electrons. The molecule has 1 amide bonds. The molecule has 0 bridgehead atoms. The lowest BCUT2D eigenvalue weighted by Gasteiger charge is -2.18.